The molecule has 1 aromatic heterocycles. The number of imidazole rings is 1. The molecule has 3 rings (SSSR count). The Balaban J connectivity index is 1.87. The van der Waals surface area contributed by atoms with E-state index in [0.717, 1.165) is 31.6 Å². The zero-order chi connectivity index (χ0) is 13.8. The van der Waals surface area contributed by atoms with Gasteiger partial charge in [0.05, 0.1) is 17.6 Å². The highest BCUT2D eigenvalue weighted by molar-refractivity contribution is 5.75. The summed E-state index contributed by atoms with van der Waals surface area (Å²) in [6.45, 7) is 5.09. The molecule has 1 aliphatic heterocycles. The lowest BCUT2D eigenvalue weighted by atomic mass is 10.1. The SMILES string of the molecule is NCCCn1c(CN2CCCCC2)nc2ccccc21. The van der Waals surface area contributed by atoms with Gasteiger partial charge in [0, 0.05) is 6.54 Å². The Morgan fingerprint density at radius 1 is 1.10 bits per heavy atom. The number of hydrogen-bond acceptors (Lipinski definition) is 3. The third-order valence-corrected chi connectivity index (χ3v) is 4.13. The molecule has 108 valence electrons. The summed E-state index contributed by atoms with van der Waals surface area (Å²) >= 11 is 0. The largest absolute Gasteiger partial charge is 0.330 e. The molecule has 1 aromatic carbocycles. The summed E-state index contributed by atoms with van der Waals surface area (Å²) in [5.74, 6) is 1.20. The van der Waals surface area contributed by atoms with Crippen molar-refractivity contribution in [1.29, 1.82) is 0 Å². The number of nitrogens with two attached hydrogens (primary N) is 1. The molecule has 1 fully saturated rings. The minimum absolute atomic E-state index is 0.732. The normalized spacial score (nSPS) is 16.9. The van der Waals surface area contributed by atoms with E-state index in [1.54, 1.807) is 0 Å². The van der Waals surface area contributed by atoms with Crippen molar-refractivity contribution in [3.63, 3.8) is 0 Å². The van der Waals surface area contributed by atoms with Crippen LogP contribution in [0.1, 0.15) is 31.5 Å². The van der Waals surface area contributed by atoms with Gasteiger partial charge in [-0.2, -0.15) is 0 Å². The Labute approximate surface area is 120 Å². The second-order valence-corrected chi connectivity index (χ2v) is 5.65. The number of fused-ring (bicyclic) bond motifs is 1. The number of piperidine rings is 1. The Morgan fingerprint density at radius 2 is 1.90 bits per heavy atom. The van der Waals surface area contributed by atoms with Gasteiger partial charge in [-0.15, -0.1) is 0 Å². The third-order valence-electron chi connectivity index (χ3n) is 4.13. The van der Waals surface area contributed by atoms with Crippen LogP contribution < -0.4 is 5.73 Å². The molecule has 2 aromatic rings. The van der Waals surface area contributed by atoms with Gasteiger partial charge in [-0.1, -0.05) is 18.6 Å². The number of para-hydroxylation sites is 2. The van der Waals surface area contributed by atoms with Crippen LogP contribution in [0.2, 0.25) is 0 Å². The summed E-state index contributed by atoms with van der Waals surface area (Å²) < 4.78 is 2.36. The van der Waals surface area contributed by atoms with Crippen molar-refractivity contribution < 1.29 is 0 Å². The van der Waals surface area contributed by atoms with Gasteiger partial charge >= 0.3 is 0 Å². The molecule has 1 saturated heterocycles. The Bertz CT molecular complexity index is 555. The lowest BCUT2D eigenvalue weighted by Gasteiger charge is -2.26. The molecule has 2 heterocycles. The van der Waals surface area contributed by atoms with E-state index in [1.807, 2.05) is 0 Å². The molecule has 0 aliphatic carbocycles. The Hall–Kier alpha value is -1.39. The van der Waals surface area contributed by atoms with Gasteiger partial charge in [-0.25, -0.2) is 4.98 Å². The highest BCUT2D eigenvalue weighted by atomic mass is 15.2. The van der Waals surface area contributed by atoms with Crippen molar-refractivity contribution in [3.05, 3.63) is 30.1 Å². The van der Waals surface area contributed by atoms with Gasteiger partial charge < -0.3 is 10.3 Å². The number of aromatic nitrogens is 2. The minimum Gasteiger partial charge on any atom is -0.330 e. The van der Waals surface area contributed by atoms with E-state index in [4.69, 9.17) is 10.7 Å². The fourth-order valence-electron chi connectivity index (χ4n) is 3.06. The minimum atomic E-state index is 0.732. The van der Waals surface area contributed by atoms with Crippen LogP contribution in [-0.4, -0.2) is 34.1 Å². The summed E-state index contributed by atoms with van der Waals surface area (Å²) in [6, 6.07) is 8.42. The molecule has 0 atom stereocenters. The first kappa shape index (κ1) is 13.6. The first-order valence-corrected chi connectivity index (χ1v) is 7.75. The van der Waals surface area contributed by atoms with Gasteiger partial charge in [0.25, 0.3) is 0 Å². The van der Waals surface area contributed by atoms with Crippen LogP contribution in [0.5, 0.6) is 0 Å². The number of hydrogen-bond donors (Lipinski definition) is 1. The van der Waals surface area contributed by atoms with E-state index < -0.39 is 0 Å². The van der Waals surface area contributed by atoms with Gasteiger partial charge in [0.1, 0.15) is 5.82 Å². The zero-order valence-corrected chi connectivity index (χ0v) is 12.1. The van der Waals surface area contributed by atoms with Crippen molar-refractivity contribution in [2.75, 3.05) is 19.6 Å². The monoisotopic (exact) mass is 272 g/mol. The van der Waals surface area contributed by atoms with Crippen LogP contribution in [0.15, 0.2) is 24.3 Å². The van der Waals surface area contributed by atoms with Crippen LogP contribution in [0.4, 0.5) is 0 Å². The molecule has 4 nitrogen and oxygen atoms in total. The molecule has 1 aliphatic rings. The van der Waals surface area contributed by atoms with E-state index >= 15 is 0 Å². The van der Waals surface area contributed by atoms with E-state index in [9.17, 15) is 0 Å². The van der Waals surface area contributed by atoms with Gasteiger partial charge in [-0.3, -0.25) is 4.90 Å². The van der Waals surface area contributed by atoms with Crippen molar-refractivity contribution in [1.82, 2.24) is 14.5 Å². The number of nitrogens with zero attached hydrogens (tertiary/aromatic N) is 3. The zero-order valence-electron chi connectivity index (χ0n) is 12.1. The fourth-order valence-corrected chi connectivity index (χ4v) is 3.06. The van der Waals surface area contributed by atoms with Crippen LogP contribution in [0.3, 0.4) is 0 Å². The van der Waals surface area contributed by atoms with E-state index in [0.29, 0.717) is 0 Å². The summed E-state index contributed by atoms with van der Waals surface area (Å²) in [5.41, 5.74) is 8.03. The van der Waals surface area contributed by atoms with Gasteiger partial charge in [-0.05, 0) is 51.0 Å². The lowest BCUT2D eigenvalue weighted by Crippen LogP contribution is -2.30. The van der Waals surface area contributed by atoms with Crippen LogP contribution >= 0.6 is 0 Å². The molecule has 0 radical (unpaired) electrons. The van der Waals surface area contributed by atoms with Crippen molar-refractivity contribution in [3.8, 4) is 0 Å². The number of likely N-dealkylation sites (tertiary alicyclic amines) is 1. The van der Waals surface area contributed by atoms with Crippen molar-refractivity contribution in [2.24, 2.45) is 5.73 Å². The molecule has 2 N–H and O–H groups in total. The molecule has 4 heteroatoms. The van der Waals surface area contributed by atoms with Gasteiger partial charge in [0.2, 0.25) is 0 Å². The molecule has 20 heavy (non-hydrogen) atoms. The van der Waals surface area contributed by atoms with Gasteiger partial charge in [0.15, 0.2) is 0 Å². The summed E-state index contributed by atoms with van der Waals surface area (Å²) in [5, 5.41) is 0. The molecule has 0 saturated carbocycles. The van der Waals surface area contributed by atoms with E-state index in [1.165, 1.54) is 43.7 Å². The second kappa shape index (κ2) is 6.37. The molecular formula is C16H24N4. The topological polar surface area (TPSA) is 47.1 Å². The number of aryl methyl sites for hydroxylation is 1. The maximum absolute atomic E-state index is 5.68. The maximum atomic E-state index is 5.68. The predicted molar refractivity (Wildman–Crippen MR) is 82.5 cm³/mol. The molecule has 0 spiro atoms. The first-order valence-electron chi connectivity index (χ1n) is 7.75. The molecule has 0 unspecified atom stereocenters. The van der Waals surface area contributed by atoms with Crippen LogP contribution in [0, 0.1) is 0 Å². The maximum Gasteiger partial charge on any atom is 0.124 e. The molecule has 0 bridgehead atoms. The summed E-state index contributed by atoms with van der Waals surface area (Å²) in [6.07, 6.45) is 5.03. The summed E-state index contributed by atoms with van der Waals surface area (Å²) in [4.78, 5) is 7.37. The number of benzene rings is 1. The average Bonchev–Trinajstić information content (AvgIpc) is 2.83. The second-order valence-electron chi connectivity index (χ2n) is 5.65. The Kier molecular flexibility index (Phi) is 4.33. The highest BCUT2D eigenvalue weighted by Gasteiger charge is 2.15. The predicted octanol–water partition coefficient (Wildman–Crippen LogP) is 2.37. The first-order chi connectivity index (χ1) is 9.88. The Morgan fingerprint density at radius 3 is 2.70 bits per heavy atom. The van der Waals surface area contributed by atoms with Crippen LogP contribution in [0.25, 0.3) is 11.0 Å². The molecular weight excluding hydrogens is 248 g/mol. The van der Waals surface area contributed by atoms with E-state index in [2.05, 4.69) is 33.7 Å². The quantitative estimate of drug-likeness (QED) is 0.909. The average molecular weight is 272 g/mol. The highest BCUT2D eigenvalue weighted by Crippen LogP contribution is 2.19. The number of rotatable bonds is 5. The van der Waals surface area contributed by atoms with Crippen LogP contribution in [-0.2, 0) is 13.1 Å². The van der Waals surface area contributed by atoms with Crippen molar-refractivity contribution in [2.45, 2.75) is 38.8 Å². The standard InChI is InChI=1S/C16H24N4/c17-9-6-12-20-15-8-3-2-7-14(15)18-16(20)13-19-10-4-1-5-11-19/h2-3,7-8H,1,4-6,9-13,17H2. The fraction of sp³-hybridized carbons (Fsp3) is 0.562. The smallest absolute Gasteiger partial charge is 0.124 e. The van der Waals surface area contributed by atoms with Crippen molar-refractivity contribution >= 4 is 11.0 Å². The molecule has 0 amide bonds. The summed E-state index contributed by atoms with van der Waals surface area (Å²) in [7, 11) is 0. The lowest BCUT2D eigenvalue weighted by molar-refractivity contribution is 0.213. The van der Waals surface area contributed by atoms with E-state index in [-0.39, 0.29) is 0 Å². The third kappa shape index (κ3) is 2.86.